The van der Waals surface area contributed by atoms with Crippen molar-refractivity contribution in [2.45, 2.75) is 31.3 Å². The highest BCUT2D eigenvalue weighted by atomic mass is 16.4. The molecule has 1 aromatic carbocycles. The van der Waals surface area contributed by atoms with Gasteiger partial charge in [0.1, 0.15) is 17.8 Å². The largest absolute Gasteiger partial charge is 0.508 e. The van der Waals surface area contributed by atoms with Gasteiger partial charge in [-0.2, -0.15) is 0 Å². The van der Waals surface area contributed by atoms with E-state index < -0.39 is 24.0 Å². The fourth-order valence-corrected chi connectivity index (χ4v) is 2.79. The highest BCUT2D eigenvalue weighted by Crippen LogP contribution is 2.18. The summed E-state index contributed by atoms with van der Waals surface area (Å²) in [6, 6.07) is 4.30. The summed E-state index contributed by atoms with van der Waals surface area (Å²) in [4.78, 5) is 37.0. The van der Waals surface area contributed by atoms with E-state index in [1.54, 1.807) is 12.1 Å². The number of rotatable bonds is 6. The maximum atomic E-state index is 12.4. The molecule has 1 aliphatic heterocycles. The molecular formula is C16H21N3O5. The number of nitrogens with zero attached hydrogens (tertiary/aromatic N) is 1. The molecule has 2 amide bonds. The van der Waals surface area contributed by atoms with Crippen molar-refractivity contribution in [2.24, 2.45) is 5.73 Å². The number of nitrogens with two attached hydrogens (primary N) is 1. The fraction of sp³-hybridized carbons (Fsp3) is 0.438. The maximum Gasteiger partial charge on any atom is 0.326 e. The van der Waals surface area contributed by atoms with Crippen molar-refractivity contribution < 1.29 is 24.6 Å². The monoisotopic (exact) mass is 335 g/mol. The molecule has 0 bridgehead atoms. The van der Waals surface area contributed by atoms with Crippen LogP contribution < -0.4 is 11.1 Å². The van der Waals surface area contributed by atoms with Crippen molar-refractivity contribution in [3.8, 4) is 5.75 Å². The Hall–Kier alpha value is -2.61. The Morgan fingerprint density at radius 3 is 2.54 bits per heavy atom. The predicted octanol–water partition coefficient (Wildman–Crippen LogP) is -0.546. The second kappa shape index (κ2) is 7.78. The van der Waals surface area contributed by atoms with E-state index in [0.29, 0.717) is 24.9 Å². The summed E-state index contributed by atoms with van der Waals surface area (Å²) in [5.41, 5.74) is 6.01. The number of likely N-dealkylation sites (tertiary alicyclic amines) is 1. The third-order valence-corrected chi connectivity index (χ3v) is 4.04. The second-order valence-corrected chi connectivity index (χ2v) is 5.72. The van der Waals surface area contributed by atoms with Crippen LogP contribution in [0.1, 0.15) is 18.4 Å². The molecule has 8 nitrogen and oxygen atoms in total. The summed E-state index contributed by atoms with van der Waals surface area (Å²) in [5, 5.41) is 21.1. The number of aromatic hydroxyl groups is 1. The summed E-state index contributed by atoms with van der Waals surface area (Å²) in [5.74, 6) is -1.89. The van der Waals surface area contributed by atoms with Crippen molar-refractivity contribution in [1.82, 2.24) is 10.2 Å². The van der Waals surface area contributed by atoms with Crippen LogP contribution >= 0.6 is 0 Å². The molecule has 0 aliphatic carbocycles. The third kappa shape index (κ3) is 4.23. The van der Waals surface area contributed by atoms with E-state index in [2.05, 4.69) is 5.32 Å². The molecule has 1 heterocycles. The number of phenols is 1. The van der Waals surface area contributed by atoms with Crippen LogP contribution in [0.2, 0.25) is 0 Å². The molecule has 1 fully saturated rings. The first-order valence-corrected chi connectivity index (χ1v) is 7.73. The average molecular weight is 335 g/mol. The van der Waals surface area contributed by atoms with Gasteiger partial charge in [-0.15, -0.1) is 0 Å². The van der Waals surface area contributed by atoms with Gasteiger partial charge in [0, 0.05) is 13.0 Å². The molecule has 2 atom stereocenters. The number of carbonyl (C=O) groups is 3. The minimum Gasteiger partial charge on any atom is -0.508 e. The number of hydrogen-bond donors (Lipinski definition) is 4. The number of aliphatic carboxylic acids is 1. The van der Waals surface area contributed by atoms with Gasteiger partial charge in [-0.3, -0.25) is 9.59 Å². The van der Waals surface area contributed by atoms with Crippen LogP contribution in [0.25, 0.3) is 0 Å². The van der Waals surface area contributed by atoms with E-state index in [0.717, 1.165) is 0 Å². The number of carbonyl (C=O) groups excluding carboxylic acids is 2. The van der Waals surface area contributed by atoms with Gasteiger partial charge in [-0.05, 0) is 30.5 Å². The Labute approximate surface area is 139 Å². The van der Waals surface area contributed by atoms with Crippen LogP contribution in [0.4, 0.5) is 0 Å². The Morgan fingerprint density at radius 2 is 1.96 bits per heavy atom. The lowest BCUT2D eigenvalue weighted by atomic mass is 10.0. The van der Waals surface area contributed by atoms with Crippen molar-refractivity contribution in [1.29, 1.82) is 0 Å². The topological polar surface area (TPSA) is 133 Å². The van der Waals surface area contributed by atoms with E-state index in [9.17, 15) is 24.6 Å². The fourth-order valence-electron chi connectivity index (χ4n) is 2.79. The van der Waals surface area contributed by atoms with E-state index >= 15 is 0 Å². The predicted molar refractivity (Wildman–Crippen MR) is 85.2 cm³/mol. The Kier molecular flexibility index (Phi) is 5.75. The van der Waals surface area contributed by atoms with Gasteiger partial charge >= 0.3 is 5.97 Å². The van der Waals surface area contributed by atoms with Crippen molar-refractivity contribution >= 4 is 17.8 Å². The molecule has 2 rings (SSSR count). The maximum absolute atomic E-state index is 12.4. The first-order valence-electron chi connectivity index (χ1n) is 7.73. The molecule has 8 heteroatoms. The van der Waals surface area contributed by atoms with Crippen LogP contribution in [-0.2, 0) is 20.8 Å². The summed E-state index contributed by atoms with van der Waals surface area (Å²) in [6.45, 7) is 0.267. The molecule has 24 heavy (non-hydrogen) atoms. The van der Waals surface area contributed by atoms with Gasteiger partial charge in [-0.1, -0.05) is 12.1 Å². The number of amides is 2. The number of nitrogens with one attached hydrogen (secondary N) is 1. The minimum atomic E-state index is -1.16. The van der Waals surface area contributed by atoms with Crippen LogP contribution in [0.15, 0.2) is 24.3 Å². The zero-order valence-corrected chi connectivity index (χ0v) is 13.1. The molecule has 0 saturated carbocycles. The normalized spacial score (nSPS) is 18.2. The van der Waals surface area contributed by atoms with E-state index in [1.807, 2.05) is 0 Å². The molecule has 1 aliphatic rings. The highest BCUT2D eigenvalue weighted by Gasteiger charge is 2.35. The number of benzene rings is 1. The van der Waals surface area contributed by atoms with Crippen LogP contribution in [0, 0.1) is 0 Å². The van der Waals surface area contributed by atoms with Crippen LogP contribution in [0.3, 0.4) is 0 Å². The molecule has 0 aromatic heterocycles. The second-order valence-electron chi connectivity index (χ2n) is 5.72. The first kappa shape index (κ1) is 17.7. The lowest BCUT2D eigenvalue weighted by Crippen LogP contribution is -2.52. The first-order chi connectivity index (χ1) is 11.4. The minimum absolute atomic E-state index is 0.0801. The van der Waals surface area contributed by atoms with E-state index in [1.165, 1.54) is 17.0 Å². The number of phenolic OH excluding ortho intramolecular Hbond substituents is 1. The highest BCUT2D eigenvalue weighted by molar-refractivity contribution is 5.91. The lowest BCUT2D eigenvalue weighted by molar-refractivity contribution is -0.143. The van der Waals surface area contributed by atoms with E-state index in [4.69, 9.17) is 5.73 Å². The number of carboxylic acid groups (broad SMARTS) is 1. The molecule has 130 valence electrons. The van der Waals surface area contributed by atoms with Gasteiger partial charge in [0.2, 0.25) is 11.8 Å². The van der Waals surface area contributed by atoms with E-state index in [-0.39, 0.29) is 24.6 Å². The molecular weight excluding hydrogens is 314 g/mol. The molecule has 5 N–H and O–H groups in total. The van der Waals surface area contributed by atoms with Gasteiger partial charge in [0.15, 0.2) is 0 Å². The van der Waals surface area contributed by atoms with Gasteiger partial charge in [0.25, 0.3) is 0 Å². The molecule has 1 saturated heterocycles. The Balaban J connectivity index is 2.04. The Morgan fingerprint density at radius 1 is 1.29 bits per heavy atom. The average Bonchev–Trinajstić information content (AvgIpc) is 3.05. The lowest BCUT2D eigenvalue weighted by Gasteiger charge is -2.25. The molecule has 0 spiro atoms. The standard InChI is InChI=1S/C16H21N3O5/c17-9-14(21)19-7-1-2-13(19)15(22)18-12(16(23)24)8-10-3-5-11(20)6-4-10/h3-6,12-13,20H,1-2,7-9,17H2,(H,18,22)(H,23,24). The number of carboxylic acids is 1. The van der Waals surface area contributed by atoms with Crippen LogP contribution in [-0.4, -0.2) is 58.1 Å². The van der Waals surface area contributed by atoms with Gasteiger partial charge in [0.05, 0.1) is 6.54 Å². The smallest absolute Gasteiger partial charge is 0.326 e. The summed E-state index contributed by atoms with van der Waals surface area (Å²) >= 11 is 0. The van der Waals surface area contributed by atoms with Crippen molar-refractivity contribution in [3.05, 3.63) is 29.8 Å². The molecule has 2 unspecified atom stereocenters. The number of hydrogen-bond acceptors (Lipinski definition) is 5. The third-order valence-electron chi connectivity index (χ3n) is 4.04. The van der Waals surface area contributed by atoms with Crippen molar-refractivity contribution in [3.63, 3.8) is 0 Å². The SMILES string of the molecule is NCC(=O)N1CCCC1C(=O)NC(Cc1ccc(O)cc1)C(=O)O. The molecule has 0 radical (unpaired) electrons. The quantitative estimate of drug-likeness (QED) is 0.551. The summed E-state index contributed by atoms with van der Waals surface area (Å²) in [7, 11) is 0. The Bertz CT molecular complexity index is 617. The van der Waals surface area contributed by atoms with Gasteiger partial charge < -0.3 is 26.2 Å². The van der Waals surface area contributed by atoms with Crippen LogP contribution in [0.5, 0.6) is 5.75 Å². The molecule has 1 aromatic rings. The summed E-state index contributed by atoms with van der Waals surface area (Å²) < 4.78 is 0. The summed E-state index contributed by atoms with van der Waals surface area (Å²) in [6.07, 6.45) is 1.25. The zero-order chi connectivity index (χ0) is 17.7. The van der Waals surface area contributed by atoms with Gasteiger partial charge in [-0.25, -0.2) is 4.79 Å². The zero-order valence-electron chi connectivity index (χ0n) is 13.1. The van der Waals surface area contributed by atoms with Crippen molar-refractivity contribution in [2.75, 3.05) is 13.1 Å².